The van der Waals surface area contributed by atoms with E-state index >= 15 is 0 Å². The molecule has 21 heavy (non-hydrogen) atoms. The van der Waals surface area contributed by atoms with Gasteiger partial charge in [0.25, 0.3) is 0 Å². The summed E-state index contributed by atoms with van der Waals surface area (Å²) in [5, 5.41) is 21.7. The van der Waals surface area contributed by atoms with Gasteiger partial charge in [0.2, 0.25) is 0 Å². The number of para-hydroxylation sites is 1. The molecule has 6 heteroatoms. The number of carboxylic acids is 2. The van der Waals surface area contributed by atoms with Crippen molar-refractivity contribution in [1.29, 1.82) is 0 Å². The number of carbonyl (C=O) groups is 3. The Morgan fingerprint density at radius 3 is 2.00 bits per heavy atom. The fourth-order valence-electron chi connectivity index (χ4n) is 1.67. The smallest absolute Gasteiger partial charge is 0.343 e. The third-order valence-corrected chi connectivity index (χ3v) is 2.65. The third kappa shape index (κ3) is 3.24. The second kappa shape index (κ2) is 5.87. The summed E-state index contributed by atoms with van der Waals surface area (Å²) < 4.78 is 5.02. The molecule has 0 aliphatic heterocycles. The average molecular weight is 284 g/mol. The van der Waals surface area contributed by atoms with Crippen LogP contribution in [0.5, 0.6) is 5.75 Å². The zero-order chi connectivity index (χ0) is 15.4. The quantitative estimate of drug-likeness (QED) is 0.560. The van der Waals surface area contributed by atoms with Crippen molar-refractivity contribution in [1.82, 2.24) is 0 Å². The number of ether oxygens (including phenoxy) is 1. The number of esters is 1. The summed E-state index contributed by atoms with van der Waals surface area (Å²) in [6.07, 6.45) is 0. The Hall–Kier alpha value is -3.15. The van der Waals surface area contributed by atoms with Crippen LogP contribution in [0.25, 0.3) is 0 Å². The molecule has 0 radical (unpaired) electrons. The molecule has 0 bridgehead atoms. The van der Waals surface area contributed by atoms with Gasteiger partial charge in [0, 0.05) is 11.1 Å². The standard InChI is InChI=1S/C15H10O6/c16-13(17)11-7-6-9(8-12(11)14(18)19)15(20)21-10-4-2-1-3-5-10/h1-8H,(H,16,17)(H,18,19)/p-2. The number of rotatable bonds is 4. The van der Waals surface area contributed by atoms with Crippen molar-refractivity contribution in [3.8, 4) is 5.75 Å². The summed E-state index contributed by atoms with van der Waals surface area (Å²) >= 11 is 0. The van der Waals surface area contributed by atoms with E-state index in [1.807, 2.05) is 0 Å². The van der Waals surface area contributed by atoms with Crippen LogP contribution in [0.4, 0.5) is 0 Å². The number of benzene rings is 2. The first-order chi connectivity index (χ1) is 9.99. The number of aromatic carboxylic acids is 2. The highest BCUT2D eigenvalue weighted by Gasteiger charge is 2.13. The Morgan fingerprint density at radius 2 is 1.43 bits per heavy atom. The minimum Gasteiger partial charge on any atom is -0.545 e. The van der Waals surface area contributed by atoms with Crippen LogP contribution in [0, 0.1) is 0 Å². The summed E-state index contributed by atoms with van der Waals surface area (Å²) in [4.78, 5) is 33.6. The van der Waals surface area contributed by atoms with Crippen molar-refractivity contribution < 1.29 is 29.3 Å². The van der Waals surface area contributed by atoms with E-state index in [0.29, 0.717) is 0 Å². The van der Waals surface area contributed by atoms with Gasteiger partial charge in [-0.15, -0.1) is 0 Å². The summed E-state index contributed by atoms with van der Waals surface area (Å²) in [6, 6.07) is 11.1. The van der Waals surface area contributed by atoms with Gasteiger partial charge in [0.05, 0.1) is 17.5 Å². The molecule has 0 saturated heterocycles. The molecule has 106 valence electrons. The van der Waals surface area contributed by atoms with Crippen LogP contribution < -0.4 is 14.9 Å². The van der Waals surface area contributed by atoms with E-state index in [2.05, 4.69) is 0 Å². The second-order valence-electron chi connectivity index (χ2n) is 4.04. The Balaban J connectivity index is 2.32. The monoisotopic (exact) mass is 284 g/mol. The largest absolute Gasteiger partial charge is 0.545 e. The van der Waals surface area contributed by atoms with Crippen molar-refractivity contribution >= 4 is 17.9 Å². The van der Waals surface area contributed by atoms with Crippen LogP contribution in [0.1, 0.15) is 31.1 Å². The predicted molar refractivity (Wildman–Crippen MR) is 66.5 cm³/mol. The van der Waals surface area contributed by atoms with E-state index in [9.17, 15) is 24.6 Å². The lowest BCUT2D eigenvalue weighted by Crippen LogP contribution is -2.30. The number of hydrogen-bond acceptors (Lipinski definition) is 6. The van der Waals surface area contributed by atoms with Crippen molar-refractivity contribution in [2.24, 2.45) is 0 Å². The normalized spacial score (nSPS) is 9.90. The summed E-state index contributed by atoms with van der Waals surface area (Å²) in [7, 11) is 0. The van der Waals surface area contributed by atoms with Crippen molar-refractivity contribution in [3.63, 3.8) is 0 Å². The number of carbonyl (C=O) groups excluding carboxylic acids is 3. The molecular weight excluding hydrogens is 276 g/mol. The Labute approximate surface area is 119 Å². The summed E-state index contributed by atoms with van der Waals surface area (Å²) in [6.45, 7) is 0. The van der Waals surface area contributed by atoms with Gasteiger partial charge in [-0.3, -0.25) is 0 Å². The van der Waals surface area contributed by atoms with Crippen LogP contribution in [-0.2, 0) is 0 Å². The first-order valence-corrected chi connectivity index (χ1v) is 5.83. The van der Waals surface area contributed by atoms with Gasteiger partial charge in [-0.05, 0) is 24.3 Å². The van der Waals surface area contributed by atoms with Crippen molar-refractivity contribution in [2.45, 2.75) is 0 Å². The zero-order valence-electron chi connectivity index (χ0n) is 10.6. The van der Waals surface area contributed by atoms with Gasteiger partial charge in [-0.2, -0.15) is 0 Å². The van der Waals surface area contributed by atoms with Crippen LogP contribution >= 0.6 is 0 Å². The minimum absolute atomic E-state index is 0.108. The van der Waals surface area contributed by atoms with Gasteiger partial charge >= 0.3 is 5.97 Å². The van der Waals surface area contributed by atoms with E-state index in [-0.39, 0.29) is 11.3 Å². The highest BCUT2D eigenvalue weighted by molar-refractivity contribution is 6.02. The Kier molecular flexibility index (Phi) is 3.99. The Morgan fingerprint density at radius 1 is 0.810 bits per heavy atom. The lowest BCUT2D eigenvalue weighted by molar-refractivity contribution is -0.259. The lowest BCUT2D eigenvalue weighted by atomic mass is 10.0. The molecule has 6 nitrogen and oxygen atoms in total. The molecule has 2 aromatic carbocycles. The topological polar surface area (TPSA) is 107 Å². The highest BCUT2D eigenvalue weighted by atomic mass is 16.5. The number of hydrogen-bond donors (Lipinski definition) is 0. The fraction of sp³-hybridized carbons (Fsp3) is 0. The molecule has 2 rings (SSSR count). The SMILES string of the molecule is O=C(Oc1ccccc1)c1ccc(C(=O)[O-])c(C(=O)[O-])c1. The zero-order valence-corrected chi connectivity index (χ0v) is 10.6. The first kappa shape index (κ1) is 14.3. The van der Waals surface area contributed by atoms with Crippen LogP contribution in [0.2, 0.25) is 0 Å². The molecular formula is C15H8O6-2. The molecule has 0 fully saturated rings. The predicted octanol–water partition coefficient (Wildman–Crippen LogP) is -0.367. The van der Waals surface area contributed by atoms with Crippen LogP contribution in [-0.4, -0.2) is 17.9 Å². The van der Waals surface area contributed by atoms with E-state index in [0.717, 1.165) is 18.2 Å². The van der Waals surface area contributed by atoms with Gasteiger partial charge in [-0.25, -0.2) is 4.79 Å². The molecule has 0 atom stereocenters. The van der Waals surface area contributed by atoms with Gasteiger partial charge in [0.15, 0.2) is 0 Å². The highest BCUT2D eigenvalue weighted by Crippen LogP contribution is 2.15. The van der Waals surface area contributed by atoms with E-state index < -0.39 is 29.0 Å². The van der Waals surface area contributed by atoms with Crippen LogP contribution in [0.3, 0.4) is 0 Å². The molecule has 0 amide bonds. The average Bonchev–Trinajstić information content (AvgIpc) is 2.47. The minimum atomic E-state index is -1.72. The van der Waals surface area contributed by atoms with E-state index in [1.54, 1.807) is 30.3 Å². The van der Waals surface area contributed by atoms with E-state index in [1.165, 1.54) is 0 Å². The molecule has 2 aromatic rings. The maximum absolute atomic E-state index is 11.9. The number of carboxylic acid groups (broad SMARTS) is 2. The summed E-state index contributed by atoms with van der Waals surface area (Å²) in [5.41, 5.74) is -1.31. The molecule has 0 spiro atoms. The van der Waals surface area contributed by atoms with Gasteiger partial charge in [-0.1, -0.05) is 24.3 Å². The maximum atomic E-state index is 11.9. The summed E-state index contributed by atoms with van der Waals surface area (Å²) in [5.74, 6) is -3.92. The molecule has 0 aliphatic carbocycles. The van der Waals surface area contributed by atoms with Gasteiger partial charge in [0.1, 0.15) is 5.75 Å². The first-order valence-electron chi connectivity index (χ1n) is 5.83. The van der Waals surface area contributed by atoms with Crippen molar-refractivity contribution in [3.05, 3.63) is 65.2 Å². The molecule has 0 saturated carbocycles. The maximum Gasteiger partial charge on any atom is 0.343 e. The second-order valence-corrected chi connectivity index (χ2v) is 4.04. The van der Waals surface area contributed by atoms with Crippen LogP contribution in [0.15, 0.2) is 48.5 Å². The lowest BCUT2D eigenvalue weighted by Gasteiger charge is -2.12. The fourth-order valence-corrected chi connectivity index (χ4v) is 1.67. The molecule has 0 aromatic heterocycles. The Bertz CT molecular complexity index is 705. The molecule has 0 aliphatic rings. The molecule has 0 N–H and O–H groups in total. The molecule has 0 heterocycles. The van der Waals surface area contributed by atoms with Crippen molar-refractivity contribution in [2.75, 3.05) is 0 Å². The van der Waals surface area contributed by atoms with E-state index in [4.69, 9.17) is 4.74 Å². The van der Waals surface area contributed by atoms with Gasteiger partial charge < -0.3 is 24.5 Å². The third-order valence-electron chi connectivity index (χ3n) is 2.65. The molecule has 0 unspecified atom stereocenters.